The molecule has 0 bridgehead atoms. The number of morpholine rings is 1. The maximum Gasteiger partial charge on any atom is 0.282 e. The van der Waals surface area contributed by atoms with E-state index < -0.39 is 10.2 Å². The molecule has 0 aliphatic carbocycles. The van der Waals surface area contributed by atoms with E-state index in [-0.39, 0.29) is 5.91 Å². The van der Waals surface area contributed by atoms with E-state index in [0.29, 0.717) is 75.4 Å². The Morgan fingerprint density at radius 3 is 2.25 bits per heavy atom. The second-order valence-electron chi connectivity index (χ2n) is 6.90. The molecule has 10 heteroatoms. The fourth-order valence-corrected chi connectivity index (χ4v) is 5.29. The molecule has 0 radical (unpaired) electrons. The lowest BCUT2D eigenvalue weighted by Crippen LogP contribution is -2.55. The molecule has 0 spiro atoms. The molecule has 1 aromatic carbocycles. The predicted octanol–water partition coefficient (Wildman–Crippen LogP) is 2.04. The van der Waals surface area contributed by atoms with Gasteiger partial charge in [0.2, 0.25) is 5.91 Å². The lowest BCUT2D eigenvalue weighted by molar-refractivity contribution is -0.132. The summed E-state index contributed by atoms with van der Waals surface area (Å²) in [5.41, 5.74) is 1.05. The number of rotatable bonds is 6. The van der Waals surface area contributed by atoms with Crippen molar-refractivity contribution in [2.45, 2.75) is 19.3 Å². The summed E-state index contributed by atoms with van der Waals surface area (Å²) in [4.78, 5) is 14.2. The maximum atomic E-state index is 12.7. The Kier molecular flexibility index (Phi) is 7.58. The quantitative estimate of drug-likeness (QED) is 0.665. The minimum absolute atomic E-state index is 0.0588. The number of nitrogens with zero attached hydrogens (tertiary/aromatic N) is 3. The molecular weight excluding hydrogens is 425 g/mol. The van der Waals surface area contributed by atoms with Gasteiger partial charge in [-0.3, -0.25) is 4.79 Å². The molecule has 7 nitrogen and oxygen atoms in total. The Bertz CT molecular complexity index is 792. The summed E-state index contributed by atoms with van der Waals surface area (Å²) in [5, 5.41) is 1.04. The van der Waals surface area contributed by atoms with Gasteiger partial charge in [-0.2, -0.15) is 17.0 Å². The standard InChI is InChI=1S/C18H25Cl2N3O4S/c19-16-5-4-15(14-17(16)20)2-1-3-18(24)21-6-8-22(9-7-21)28(25,26)23-10-12-27-13-11-23/h4-5,14H,1-3,6-13H2. The highest BCUT2D eigenvalue weighted by Crippen LogP contribution is 2.23. The van der Waals surface area contributed by atoms with Crippen LogP contribution in [0.3, 0.4) is 0 Å². The monoisotopic (exact) mass is 449 g/mol. The second kappa shape index (κ2) is 9.73. The van der Waals surface area contributed by atoms with Gasteiger partial charge in [0.05, 0.1) is 23.3 Å². The Hall–Kier alpha value is -0.900. The van der Waals surface area contributed by atoms with Crippen LogP contribution in [0.5, 0.6) is 0 Å². The van der Waals surface area contributed by atoms with Crippen LogP contribution in [0.15, 0.2) is 18.2 Å². The lowest BCUT2D eigenvalue weighted by atomic mass is 10.1. The van der Waals surface area contributed by atoms with Crippen molar-refractivity contribution in [2.75, 3.05) is 52.5 Å². The molecular formula is C18H25Cl2N3O4S. The van der Waals surface area contributed by atoms with Gasteiger partial charge in [0.25, 0.3) is 10.2 Å². The molecule has 0 saturated carbocycles. The topological polar surface area (TPSA) is 70.2 Å². The van der Waals surface area contributed by atoms with Gasteiger partial charge in [-0.15, -0.1) is 0 Å². The number of aryl methyl sites for hydroxylation is 1. The van der Waals surface area contributed by atoms with Gasteiger partial charge < -0.3 is 9.64 Å². The van der Waals surface area contributed by atoms with Crippen molar-refractivity contribution >= 4 is 39.3 Å². The Morgan fingerprint density at radius 1 is 0.964 bits per heavy atom. The van der Waals surface area contributed by atoms with E-state index in [4.69, 9.17) is 27.9 Å². The molecule has 2 aliphatic heterocycles. The van der Waals surface area contributed by atoms with Crippen molar-refractivity contribution in [3.05, 3.63) is 33.8 Å². The van der Waals surface area contributed by atoms with Crippen molar-refractivity contribution in [1.29, 1.82) is 0 Å². The van der Waals surface area contributed by atoms with Crippen molar-refractivity contribution < 1.29 is 17.9 Å². The van der Waals surface area contributed by atoms with Crippen LogP contribution in [0.25, 0.3) is 0 Å². The third-order valence-corrected chi connectivity index (χ3v) is 7.83. The fourth-order valence-electron chi connectivity index (χ4n) is 3.41. The van der Waals surface area contributed by atoms with Crippen LogP contribution in [-0.4, -0.2) is 80.3 Å². The lowest BCUT2D eigenvalue weighted by Gasteiger charge is -2.37. The van der Waals surface area contributed by atoms with E-state index in [2.05, 4.69) is 0 Å². The summed E-state index contributed by atoms with van der Waals surface area (Å²) < 4.78 is 33.5. The molecule has 2 saturated heterocycles. The van der Waals surface area contributed by atoms with Crippen LogP contribution in [-0.2, 0) is 26.2 Å². The number of hydrogen-bond acceptors (Lipinski definition) is 4. The van der Waals surface area contributed by atoms with Gasteiger partial charge in [0.1, 0.15) is 0 Å². The molecule has 0 atom stereocenters. The van der Waals surface area contributed by atoms with E-state index in [1.165, 1.54) is 8.61 Å². The highest BCUT2D eigenvalue weighted by atomic mass is 35.5. The summed E-state index contributed by atoms with van der Waals surface area (Å²) in [6, 6.07) is 5.49. The minimum Gasteiger partial charge on any atom is -0.379 e. The molecule has 0 unspecified atom stereocenters. The summed E-state index contributed by atoms with van der Waals surface area (Å²) in [5.74, 6) is 0.0588. The Labute approximate surface area is 176 Å². The number of benzene rings is 1. The zero-order valence-electron chi connectivity index (χ0n) is 15.6. The largest absolute Gasteiger partial charge is 0.379 e. The van der Waals surface area contributed by atoms with Gasteiger partial charge in [0, 0.05) is 45.7 Å². The van der Waals surface area contributed by atoms with Crippen molar-refractivity contribution in [3.63, 3.8) is 0 Å². The second-order valence-corrected chi connectivity index (χ2v) is 9.64. The smallest absolute Gasteiger partial charge is 0.282 e. The van der Waals surface area contributed by atoms with Crippen LogP contribution in [0.2, 0.25) is 10.0 Å². The first-order valence-corrected chi connectivity index (χ1v) is 11.6. The molecule has 3 rings (SSSR count). The summed E-state index contributed by atoms with van der Waals surface area (Å²) in [6.45, 7) is 3.14. The maximum absolute atomic E-state index is 12.7. The average molecular weight is 450 g/mol. The first-order chi connectivity index (χ1) is 13.4. The van der Waals surface area contributed by atoms with Gasteiger partial charge in [-0.1, -0.05) is 29.3 Å². The zero-order chi connectivity index (χ0) is 20.1. The molecule has 156 valence electrons. The number of ether oxygens (including phenoxy) is 1. The first-order valence-electron chi connectivity index (χ1n) is 9.42. The van der Waals surface area contributed by atoms with Crippen LogP contribution in [0.1, 0.15) is 18.4 Å². The van der Waals surface area contributed by atoms with E-state index in [1.807, 2.05) is 12.1 Å². The van der Waals surface area contributed by atoms with E-state index in [0.717, 1.165) is 12.0 Å². The number of piperazine rings is 1. The van der Waals surface area contributed by atoms with Crippen LogP contribution in [0.4, 0.5) is 0 Å². The number of hydrogen-bond donors (Lipinski definition) is 0. The van der Waals surface area contributed by atoms with E-state index >= 15 is 0 Å². The SMILES string of the molecule is O=C(CCCc1ccc(Cl)c(Cl)c1)N1CCN(S(=O)(=O)N2CCOCC2)CC1. The third kappa shape index (κ3) is 5.37. The van der Waals surface area contributed by atoms with Gasteiger partial charge >= 0.3 is 0 Å². The fraction of sp³-hybridized carbons (Fsp3) is 0.611. The van der Waals surface area contributed by atoms with E-state index in [1.54, 1.807) is 11.0 Å². The summed E-state index contributed by atoms with van der Waals surface area (Å²) >= 11 is 11.9. The number of amides is 1. The predicted molar refractivity (Wildman–Crippen MR) is 109 cm³/mol. The van der Waals surface area contributed by atoms with Gasteiger partial charge in [-0.25, -0.2) is 0 Å². The van der Waals surface area contributed by atoms with Crippen molar-refractivity contribution in [2.24, 2.45) is 0 Å². The number of carbonyl (C=O) groups excluding carboxylic acids is 1. The normalized spacial score (nSPS) is 19.7. The van der Waals surface area contributed by atoms with Crippen molar-refractivity contribution in [3.8, 4) is 0 Å². The zero-order valence-corrected chi connectivity index (χ0v) is 18.0. The molecule has 0 aromatic heterocycles. The molecule has 2 aliphatic rings. The van der Waals surface area contributed by atoms with Crippen LogP contribution < -0.4 is 0 Å². The van der Waals surface area contributed by atoms with Crippen molar-refractivity contribution in [1.82, 2.24) is 13.5 Å². The average Bonchev–Trinajstić information content (AvgIpc) is 2.71. The Balaban J connectivity index is 1.43. The number of halogens is 2. The highest BCUT2D eigenvalue weighted by molar-refractivity contribution is 7.86. The minimum atomic E-state index is -3.47. The molecule has 2 heterocycles. The molecule has 0 N–H and O–H groups in total. The van der Waals surface area contributed by atoms with Crippen LogP contribution >= 0.6 is 23.2 Å². The summed E-state index contributed by atoms with van der Waals surface area (Å²) in [6.07, 6.45) is 1.88. The first kappa shape index (κ1) is 21.8. The molecule has 28 heavy (non-hydrogen) atoms. The van der Waals surface area contributed by atoms with Gasteiger partial charge in [0.15, 0.2) is 0 Å². The third-order valence-electron chi connectivity index (χ3n) is 5.05. The summed E-state index contributed by atoms with van der Waals surface area (Å²) in [7, 11) is -3.47. The van der Waals surface area contributed by atoms with Gasteiger partial charge in [-0.05, 0) is 30.5 Å². The molecule has 1 amide bonds. The molecule has 2 fully saturated rings. The molecule has 1 aromatic rings. The Morgan fingerprint density at radius 2 is 1.61 bits per heavy atom. The van der Waals surface area contributed by atoms with E-state index in [9.17, 15) is 13.2 Å². The van der Waals surface area contributed by atoms with Crippen LogP contribution in [0, 0.1) is 0 Å². The number of carbonyl (C=O) groups is 1. The highest BCUT2D eigenvalue weighted by Gasteiger charge is 2.34.